The van der Waals surface area contributed by atoms with Crippen LogP contribution in [0.3, 0.4) is 0 Å². The topological polar surface area (TPSA) is 66.7 Å². The molecule has 1 aromatic carbocycles. The molecule has 0 saturated carbocycles. The summed E-state index contributed by atoms with van der Waals surface area (Å²) in [4.78, 5) is 4.04. The minimum Gasteiger partial charge on any atom is -0.503 e. The van der Waals surface area contributed by atoms with Gasteiger partial charge in [0.1, 0.15) is 11.0 Å². The lowest BCUT2D eigenvalue weighted by atomic mass is 10.2. The smallest absolute Gasteiger partial charge is 0.172 e. The molecule has 104 valence electrons. The summed E-state index contributed by atoms with van der Waals surface area (Å²) in [6.07, 6.45) is 1.58. The number of benzene rings is 1. The van der Waals surface area contributed by atoms with Gasteiger partial charge in [0.2, 0.25) is 0 Å². The Balaban J connectivity index is 2.14. The molecule has 1 heterocycles. The maximum Gasteiger partial charge on any atom is 0.172 e. The van der Waals surface area contributed by atoms with Gasteiger partial charge in [0.05, 0.1) is 17.8 Å². The van der Waals surface area contributed by atoms with E-state index in [0.717, 1.165) is 5.56 Å². The Labute approximate surface area is 129 Å². The quantitative estimate of drug-likeness (QED) is 0.498. The summed E-state index contributed by atoms with van der Waals surface area (Å²) in [6, 6.07) is 8.58. The van der Waals surface area contributed by atoms with E-state index in [1.54, 1.807) is 36.5 Å². The first kappa shape index (κ1) is 14.6. The molecular formula is C13H11BrClN3O2. The lowest BCUT2D eigenvalue weighted by molar-refractivity contribution is 0.372. The largest absolute Gasteiger partial charge is 0.503 e. The fourth-order valence-corrected chi connectivity index (χ4v) is 2.09. The van der Waals surface area contributed by atoms with Crippen molar-refractivity contribution in [3.05, 3.63) is 45.5 Å². The lowest BCUT2D eigenvalue weighted by Crippen LogP contribution is -1.94. The fourth-order valence-electron chi connectivity index (χ4n) is 1.47. The minimum absolute atomic E-state index is 0.0501. The number of hydrazone groups is 1. The van der Waals surface area contributed by atoms with Crippen molar-refractivity contribution in [2.45, 2.75) is 0 Å². The van der Waals surface area contributed by atoms with Crippen molar-refractivity contribution in [2.24, 2.45) is 5.10 Å². The average Bonchev–Trinajstić information content (AvgIpc) is 2.42. The highest BCUT2D eigenvalue weighted by atomic mass is 79.9. The highest BCUT2D eigenvalue weighted by Gasteiger charge is 2.07. The zero-order valence-corrected chi connectivity index (χ0v) is 12.8. The molecule has 0 bridgehead atoms. The lowest BCUT2D eigenvalue weighted by Gasteiger charge is -2.06. The molecule has 2 N–H and O–H groups in total. The summed E-state index contributed by atoms with van der Waals surface area (Å²) in [5.41, 5.74) is 3.51. The predicted octanol–water partition coefficient (Wildman–Crippen LogP) is 3.66. The van der Waals surface area contributed by atoms with E-state index < -0.39 is 0 Å². The number of phenols is 1. The molecule has 0 fully saturated rings. The molecule has 20 heavy (non-hydrogen) atoms. The summed E-state index contributed by atoms with van der Waals surface area (Å²) in [6.45, 7) is 0. The second-order valence-corrected chi connectivity index (χ2v) is 5.01. The molecule has 0 aliphatic carbocycles. The van der Waals surface area contributed by atoms with E-state index in [4.69, 9.17) is 16.3 Å². The number of hydrogen-bond donors (Lipinski definition) is 2. The van der Waals surface area contributed by atoms with Gasteiger partial charge in [0.15, 0.2) is 11.5 Å². The molecule has 0 spiro atoms. The molecule has 0 unspecified atom stereocenters. The molecular weight excluding hydrogens is 346 g/mol. The Hall–Kier alpha value is -1.79. The molecule has 0 aliphatic heterocycles. The molecule has 0 atom stereocenters. The van der Waals surface area contributed by atoms with Crippen molar-refractivity contribution in [1.29, 1.82) is 0 Å². The van der Waals surface area contributed by atoms with Crippen LogP contribution in [0.4, 0.5) is 5.82 Å². The molecule has 0 radical (unpaired) electrons. The number of methoxy groups -OCH3 is 1. The van der Waals surface area contributed by atoms with E-state index in [-0.39, 0.29) is 5.75 Å². The van der Waals surface area contributed by atoms with Gasteiger partial charge >= 0.3 is 0 Å². The minimum atomic E-state index is 0.0501. The van der Waals surface area contributed by atoms with Crippen molar-refractivity contribution in [3.63, 3.8) is 0 Å². The number of aromatic hydroxyl groups is 1. The number of rotatable bonds is 4. The maximum absolute atomic E-state index is 9.70. The van der Waals surface area contributed by atoms with Crippen molar-refractivity contribution in [2.75, 3.05) is 12.5 Å². The van der Waals surface area contributed by atoms with Gasteiger partial charge in [-0.05, 0) is 45.8 Å². The normalized spacial score (nSPS) is 10.8. The second-order valence-electron chi connectivity index (χ2n) is 3.77. The van der Waals surface area contributed by atoms with E-state index in [2.05, 4.69) is 31.4 Å². The molecule has 7 heteroatoms. The van der Waals surface area contributed by atoms with Gasteiger partial charge in [-0.2, -0.15) is 5.10 Å². The van der Waals surface area contributed by atoms with Crippen LogP contribution in [0.15, 0.2) is 39.9 Å². The first-order chi connectivity index (χ1) is 9.60. The highest BCUT2D eigenvalue weighted by molar-refractivity contribution is 9.10. The third-order valence-electron chi connectivity index (χ3n) is 2.38. The molecule has 2 aromatic rings. The Bertz CT molecular complexity index is 650. The molecule has 5 nitrogen and oxygen atoms in total. The van der Waals surface area contributed by atoms with Crippen LogP contribution in [0.1, 0.15) is 5.56 Å². The van der Waals surface area contributed by atoms with Crippen LogP contribution in [0, 0.1) is 0 Å². The summed E-state index contributed by atoms with van der Waals surface area (Å²) < 4.78 is 5.58. The standard InChI is InChI=1S/C13H11BrClN3O2/c1-20-10-6-8(5-9(14)13(10)19)7-16-18-12-4-2-3-11(15)17-12/h2-7,19H,1H3,(H,17,18)/b16-7+. The fraction of sp³-hybridized carbons (Fsp3) is 0.0769. The zero-order valence-electron chi connectivity index (χ0n) is 10.5. The van der Waals surface area contributed by atoms with Crippen LogP contribution in [0.25, 0.3) is 0 Å². The Morgan fingerprint density at radius 2 is 2.25 bits per heavy atom. The van der Waals surface area contributed by atoms with Crippen molar-refractivity contribution in [3.8, 4) is 11.5 Å². The average molecular weight is 357 g/mol. The van der Waals surface area contributed by atoms with Gasteiger partial charge < -0.3 is 9.84 Å². The van der Waals surface area contributed by atoms with Gasteiger partial charge in [0, 0.05) is 0 Å². The summed E-state index contributed by atoms with van der Waals surface area (Å²) in [7, 11) is 1.48. The number of anilines is 1. The number of aromatic nitrogens is 1. The maximum atomic E-state index is 9.70. The van der Waals surface area contributed by atoms with E-state index in [0.29, 0.717) is 21.2 Å². The third kappa shape index (κ3) is 3.61. The number of nitrogens with one attached hydrogen (secondary N) is 1. The monoisotopic (exact) mass is 355 g/mol. The van der Waals surface area contributed by atoms with Crippen LogP contribution < -0.4 is 10.2 Å². The first-order valence-electron chi connectivity index (χ1n) is 5.58. The van der Waals surface area contributed by atoms with Gasteiger partial charge in [-0.3, -0.25) is 5.43 Å². The van der Waals surface area contributed by atoms with Crippen LogP contribution in [-0.2, 0) is 0 Å². The molecule has 0 saturated heterocycles. The first-order valence-corrected chi connectivity index (χ1v) is 6.75. The zero-order chi connectivity index (χ0) is 14.5. The molecule has 0 amide bonds. The van der Waals surface area contributed by atoms with Crippen LogP contribution in [-0.4, -0.2) is 23.4 Å². The Morgan fingerprint density at radius 1 is 1.45 bits per heavy atom. The SMILES string of the molecule is COc1cc(/C=N/Nc2cccc(Cl)n2)cc(Br)c1O. The number of ether oxygens (including phenoxy) is 1. The predicted molar refractivity (Wildman–Crippen MR) is 82.8 cm³/mol. The van der Waals surface area contributed by atoms with Crippen LogP contribution in [0.2, 0.25) is 5.15 Å². The third-order valence-corrected chi connectivity index (χ3v) is 3.19. The number of phenolic OH excluding ortho intramolecular Hbond substituents is 1. The summed E-state index contributed by atoms with van der Waals surface area (Å²) >= 11 is 9.01. The Morgan fingerprint density at radius 3 is 2.95 bits per heavy atom. The second kappa shape index (κ2) is 6.58. The molecule has 1 aromatic heterocycles. The van der Waals surface area contributed by atoms with Crippen LogP contribution >= 0.6 is 27.5 Å². The number of halogens is 2. The Kier molecular flexibility index (Phi) is 4.81. The van der Waals surface area contributed by atoms with Gasteiger partial charge in [0.25, 0.3) is 0 Å². The van der Waals surface area contributed by atoms with E-state index >= 15 is 0 Å². The van der Waals surface area contributed by atoms with Crippen molar-refractivity contribution in [1.82, 2.24) is 4.98 Å². The number of nitrogens with zero attached hydrogens (tertiary/aromatic N) is 2. The molecule has 0 aliphatic rings. The van der Waals surface area contributed by atoms with E-state index in [1.807, 2.05) is 0 Å². The van der Waals surface area contributed by atoms with E-state index in [9.17, 15) is 5.11 Å². The van der Waals surface area contributed by atoms with Gasteiger partial charge in [-0.25, -0.2) is 4.98 Å². The number of hydrogen-bond acceptors (Lipinski definition) is 5. The highest BCUT2D eigenvalue weighted by Crippen LogP contribution is 2.34. The van der Waals surface area contributed by atoms with Gasteiger partial charge in [-0.1, -0.05) is 17.7 Å². The number of pyridine rings is 1. The van der Waals surface area contributed by atoms with Crippen molar-refractivity contribution >= 4 is 39.6 Å². The van der Waals surface area contributed by atoms with Crippen LogP contribution in [0.5, 0.6) is 11.5 Å². The van der Waals surface area contributed by atoms with E-state index in [1.165, 1.54) is 7.11 Å². The summed E-state index contributed by atoms with van der Waals surface area (Å²) in [5, 5.41) is 14.1. The van der Waals surface area contributed by atoms with Crippen molar-refractivity contribution < 1.29 is 9.84 Å². The molecule has 2 rings (SSSR count). The summed E-state index contributed by atoms with van der Waals surface area (Å²) in [5.74, 6) is 0.953. The van der Waals surface area contributed by atoms with Gasteiger partial charge in [-0.15, -0.1) is 0 Å².